The molecule has 1 aromatic carbocycles. The Morgan fingerprint density at radius 2 is 2.00 bits per heavy atom. The fourth-order valence-electron chi connectivity index (χ4n) is 2.30. The van der Waals surface area contributed by atoms with Crippen LogP contribution in [0, 0.1) is 0 Å². The lowest BCUT2D eigenvalue weighted by Crippen LogP contribution is -2.50. The summed E-state index contributed by atoms with van der Waals surface area (Å²) in [6.07, 6.45) is 2.76. The minimum Gasteiger partial charge on any atom is -0.480 e. The van der Waals surface area contributed by atoms with Crippen molar-refractivity contribution in [2.75, 3.05) is 18.0 Å². The topological polar surface area (TPSA) is 69.6 Å². The third-order valence-corrected chi connectivity index (χ3v) is 3.56. The van der Waals surface area contributed by atoms with Gasteiger partial charge in [-0.25, -0.2) is 0 Å². The molecular weight excluding hydrogens is 280 g/mol. The Balaban J connectivity index is 2.19. The van der Waals surface area contributed by atoms with Gasteiger partial charge in [-0.15, -0.1) is 0 Å². The molecular formula is C14H17ClN2O3. The third-order valence-electron chi connectivity index (χ3n) is 3.31. The lowest BCUT2D eigenvalue weighted by molar-refractivity contribution is -0.137. The average Bonchev–Trinajstić information content (AvgIpc) is 2.46. The summed E-state index contributed by atoms with van der Waals surface area (Å²) < 4.78 is 0. The third kappa shape index (κ3) is 3.71. The molecule has 1 atom stereocenters. The van der Waals surface area contributed by atoms with Gasteiger partial charge in [-0.3, -0.25) is 14.5 Å². The van der Waals surface area contributed by atoms with Crippen LogP contribution >= 0.6 is 11.6 Å². The number of hydrogen-bond donors (Lipinski definition) is 2. The summed E-state index contributed by atoms with van der Waals surface area (Å²) in [4.78, 5) is 24.8. The highest BCUT2D eigenvalue weighted by Gasteiger charge is 2.27. The van der Waals surface area contributed by atoms with Gasteiger partial charge in [0.2, 0.25) is 5.91 Å². The largest absolute Gasteiger partial charge is 0.480 e. The summed E-state index contributed by atoms with van der Waals surface area (Å²) in [5.74, 6) is -1.24. The predicted molar refractivity (Wildman–Crippen MR) is 77.1 cm³/mol. The van der Waals surface area contributed by atoms with E-state index in [-0.39, 0.29) is 18.5 Å². The second-order valence-corrected chi connectivity index (χ2v) is 5.23. The highest BCUT2D eigenvalue weighted by atomic mass is 35.5. The Labute approximate surface area is 122 Å². The number of amides is 1. The van der Waals surface area contributed by atoms with Crippen molar-refractivity contribution >= 4 is 29.2 Å². The number of carbonyl (C=O) groups is 2. The van der Waals surface area contributed by atoms with Gasteiger partial charge in [-0.05, 0) is 43.7 Å². The lowest BCUT2D eigenvalue weighted by Gasteiger charge is -2.29. The maximum atomic E-state index is 12.5. The van der Waals surface area contributed by atoms with Gasteiger partial charge < -0.3 is 10.4 Å². The van der Waals surface area contributed by atoms with Crippen molar-refractivity contribution in [3.8, 4) is 0 Å². The van der Waals surface area contributed by atoms with Crippen molar-refractivity contribution in [2.45, 2.75) is 25.3 Å². The molecule has 1 aromatic rings. The van der Waals surface area contributed by atoms with Crippen LogP contribution < -0.4 is 10.2 Å². The number of rotatable bonds is 4. The van der Waals surface area contributed by atoms with Crippen molar-refractivity contribution in [2.24, 2.45) is 0 Å². The molecule has 1 amide bonds. The molecule has 6 heteroatoms. The zero-order valence-corrected chi connectivity index (χ0v) is 11.8. The number of aliphatic carboxylic acids is 1. The van der Waals surface area contributed by atoms with Crippen LogP contribution in [0.15, 0.2) is 24.3 Å². The van der Waals surface area contributed by atoms with Gasteiger partial charge in [0, 0.05) is 10.7 Å². The van der Waals surface area contributed by atoms with Crippen molar-refractivity contribution in [1.82, 2.24) is 5.32 Å². The number of carboxylic acids is 1. The van der Waals surface area contributed by atoms with E-state index in [9.17, 15) is 9.59 Å². The van der Waals surface area contributed by atoms with E-state index in [2.05, 4.69) is 5.32 Å². The smallest absolute Gasteiger partial charge is 0.323 e. The van der Waals surface area contributed by atoms with Gasteiger partial charge in [0.1, 0.15) is 6.54 Å². The monoisotopic (exact) mass is 296 g/mol. The normalized spacial score (nSPS) is 18.6. The molecule has 0 radical (unpaired) electrons. The number of benzene rings is 1. The van der Waals surface area contributed by atoms with Gasteiger partial charge >= 0.3 is 5.97 Å². The minimum absolute atomic E-state index is 0.200. The van der Waals surface area contributed by atoms with Crippen molar-refractivity contribution in [1.29, 1.82) is 0 Å². The summed E-state index contributed by atoms with van der Waals surface area (Å²) in [5.41, 5.74) is 0.550. The molecule has 108 valence electrons. The molecule has 0 bridgehead atoms. The van der Waals surface area contributed by atoms with Gasteiger partial charge in [0.05, 0.1) is 6.04 Å². The van der Waals surface area contributed by atoms with Gasteiger partial charge in [0.25, 0.3) is 0 Å². The number of nitrogens with zero attached hydrogens (tertiary/aromatic N) is 1. The highest BCUT2D eigenvalue weighted by molar-refractivity contribution is 6.30. The summed E-state index contributed by atoms with van der Waals surface area (Å²) >= 11 is 5.82. The van der Waals surface area contributed by atoms with Gasteiger partial charge in [0.15, 0.2) is 0 Å². The zero-order valence-electron chi connectivity index (χ0n) is 11.0. The van der Waals surface area contributed by atoms with E-state index in [0.29, 0.717) is 10.7 Å². The molecule has 1 aliphatic heterocycles. The number of carboxylic acid groups (broad SMARTS) is 1. The Morgan fingerprint density at radius 3 is 2.55 bits per heavy atom. The Kier molecular flexibility index (Phi) is 4.98. The lowest BCUT2D eigenvalue weighted by atomic mass is 10.0. The van der Waals surface area contributed by atoms with Crippen LogP contribution in [0.5, 0.6) is 0 Å². The SMILES string of the molecule is O=C(O)CN(C(=O)[C@@H]1CCCCN1)c1ccc(Cl)cc1. The molecule has 2 N–H and O–H groups in total. The standard InChI is InChI=1S/C14H17ClN2O3/c15-10-4-6-11(7-5-10)17(9-13(18)19)14(20)12-3-1-2-8-16-12/h4-7,12,16H,1-3,8-9H2,(H,18,19)/t12-/m0/s1. The summed E-state index contributed by atoms with van der Waals surface area (Å²) in [6, 6.07) is 6.30. The fraction of sp³-hybridized carbons (Fsp3) is 0.429. The van der Waals surface area contributed by atoms with Crippen LogP contribution in [0.4, 0.5) is 5.69 Å². The second kappa shape index (κ2) is 6.72. The van der Waals surface area contributed by atoms with Crippen LogP contribution in [0.1, 0.15) is 19.3 Å². The summed E-state index contributed by atoms with van der Waals surface area (Å²) in [6.45, 7) is 0.441. The quantitative estimate of drug-likeness (QED) is 0.890. The molecule has 1 aliphatic rings. The first-order valence-corrected chi connectivity index (χ1v) is 6.98. The highest BCUT2D eigenvalue weighted by Crippen LogP contribution is 2.20. The van der Waals surface area contributed by atoms with E-state index in [4.69, 9.17) is 16.7 Å². The first kappa shape index (κ1) is 14.8. The molecule has 0 unspecified atom stereocenters. The molecule has 5 nitrogen and oxygen atoms in total. The molecule has 1 heterocycles. The zero-order chi connectivity index (χ0) is 14.5. The summed E-state index contributed by atoms with van der Waals surface area (Å²) in [7, 11) is 0. The van der Waals surface area contributed by atoms with Crippen molar-refractivity contribution in [3.63, 3.8) is 0 Å². The van der Waals surface area contributed by atoms with Crippen LogP contribution in [-0.2, 0) is 9.59 Å². The summed E-state index contributed by atoms with van der Waals surface area (Å²) in [5, 5.41) is 12.7. The van der Waals surface area contributed by atoms with E-state index in [1.54, 1.807) is 24.3 Å². The minimum atomic E-state index is -1.04. The maximum Gasteiger partial charge on any atom is 0.323 e. The predicted octanol–water partition coefficient (Wildman–Crippen LogP) is 1.90. The number of halogens is 1. The van der Waals surface area contributed by atoms with Crippen LogP contribution in [0.2, 0.25) is 5.02 Å². The molecule has 1 saturated heterocycles. The fourth-order valence-corrected chi connectivity index (χ4v) is 2.43. The van der Waals surface area contributed by atoms with Crippen molar-refractivity contribution in [3.05, 3.63) is 29.3 Å². The molecule has 0 spiro atoms. The second-order valence-electron chi connectivity index (χ2n) is 4.80. The number of anilines is 1. The number of nitrogens with one attached hydrogen (secondary N) is 1. The van der Waals surface area contributed by atoms with Gasteiger partial charge in [-0.2, -0.15) is 0 Å². The van der Waals surface area contributed by atoms with E-state index < -0.39 is 5.97 Å². The first-order valence-electron chi connectivity index (χ1n) is 6.60. The maximum absolute atomic E-state index is 12.5. The Bertz CT molecular complexity index is 484. The molecule has 20 heavy (non-hydrogen) atoms. The van der Waals surface area contributed by atoms with E-state index >= 15 is 0 Å². The van der Waals surface area contributed by atoms with E-state index in [1.807, 2.05) is 0 Å². The average molecular weight is 297 g/mol. The molecule has 0 saturated carbocycles. The van der Waals surface area contributed by atoms with Gasteiger partial charge in [-0.1, -0.05) is 18.0 Å². The first-order chi connectivity index (χ1) is 9.58. The van der Waals surface area contributed by atoms with Crippen LogP contribution in [0.3, 0.4) is 0 Å². The van der Waals surface area contributed by atoms with E-state index in [0.717, 1.165) is 25.8 Å². The number of carbonyl (C=O) groups excluding carboxylic acids is 1. The molecule has 2 rings (SSSR count). The van der Waals surface area contributed by atoms with Crippen molar-refractivity contribution < 1.29 is 14.7 Å². The molecule has 0 aliphatic carbocycles. The molecule has 0 aromatic heterocycles. The number of hydrogen-bond acceptors (Lipinski definition) is 3. The van der Waals surface area contributed by atoms with Crippen LogP contribution in [-0.4, -0.2) is 36.1 Å². The van der Waals surface area contributed by atoms with E-state index in [1.165, 1.54) is 4.90 Å². The Hall–Kier alpha value is -1.59. The van der Waals surface area contributed by atoms with Crippen LogP contribution in [0.25, 0.3) is 0 Å². The number of piperidine rings is 1. The Morgan fingerprint density at radius 1 is 1.30 bits per heavy atom. The molecule has 1 fully saturated rings.